The first-order valence-corrected chi connectivity index (χ1v) is 8.98. The van der Waals surface area contributed by atoms with Gasteiger partial charge < -0.3 is 10.1 Å². The molecule has 0 aliphatic heterocycles. The maximum absolute atomic E-state index is 12.7. The van der Waals surface area contributed by atoms with Crippen molar-refractivity contribution in [2.75, 3.05) is 5.32 Å². The number of pyridine rings is 1. The molecule has 11 heteroatoms. The number of aromatic amines is 1. The SMILES string of the molecule is O=C(Nc1cn[nH]c1-c1ccc(Cl)cc1OC(F)F)c1snc2cccnc12. The van der Waals surface area contributed by atoms with Crippen molar-refractivity contribution in [3.05, 3.63) is 52.6 Å². The van der Waals surface area contributed by atoms with Gasteiger partial charge >= 0.3 is 6.61 Å². The largest absolute Gasteiger partial charge is 0.434 e. The molecule has 3 heterocycles. The van der Waals surface area contributed by atoms with Crippen LogP contribution in [-0.2, 0) is 0 Å². The number of nitrogens with one attached hydrogen (secondary N) is 2. The van der Waals surface area contributed by atoms with Crippen LogP contribution in [0.3, 0.4) is 0 Å². The lowest BCUT2D eigenvalue weighted by atomic mass is 10.1. The van der Waals surface area contributed by atoms with Crippen molar-refractivity contribution in [2.45, 2.75) is 6.61 Å². The fraction of sp³-hybridized carbons (Fsp3) is 0.0588. The molecule has 3 aromatic heterocycles. The zero-order valence-electron chi connectivity index (χ0n) is 13.8. The molecule has 0 saturated heterocycles. The van der Waals surface area contributed by atoms with Gasteiger partial charge in [-0.15, -0.1) is 0 Å². The van der Waals surface area contributed by atoms with E-state index in [1.165, 1.54) is 24.4 Å². The van der Waals surface area contributed by atoms with Crippen LogP contribution >= 0.6 is 23.1 Å². The lowest BCUT2D eigenvalue weighted by molar-refractivity contribution is -0.0494. The third kappa shape index (κ3) is 3.51. The van der Waals surface area contributed by atoms with Crippen LogP contribution in [0.25, 0.3) is 22.3 Å². The minimum atomic E-state index is -3.03. The third-order valence-electron chi connectivity index (χ3n) is 3.76. The van der Waals surface area contributed by atoms with E-state index in [4.69, 9.17) is 11.6 Å². The Hall–Kier alpha value is -3.11. The van der Waals surface area contributed by atoms with Gasteiger partial charge in [0.1, 0.15) is 21.7 Å². The van der Waals surface area contributed by atoms with Crippen LogP contribution in [0.5, 0.6) is 5.75 Å². The number of hydrogen-bond acceptors (Lipinski definition) is 6. The van der Waals surface area contributed by atoms with E-state index in [9.17, 15) is 13.6 Å². The Bertz CT molecular complexity index is 1160. The Kier molecular flexibility index (Phi) is 4.88. The smallest absolute Gasteiger partial charge is 0.387 e. The Balaban J connectivity index is 1.68. The van der Waals surface area contributed by atoms with Gasteiger partial charge in [-0.25, -0.2) is 0 Å². The van der Waals surface area contributed by atoms with E-state index in [1.807, 2.05) is 0 Å². The van der Waals surface area contributed by atoms with Gasteiger partial charge in [-0.3, -0.25) is 14.9 Å². The summed E-state index contributed by atoms with van der Waals surface area (Å²) < 4.78 is 34.2. The monoisotopic (exact) mass is 421 g/mol. The number of alkyl halides is 2. The lowest BCUT2D eigenvalue weighted by Gasteiger charge is -2.11. The highest BCUT2D eigenvalue weighted by atomic mass is 35.5. The Labute approximate surface area is 165 Å². The van der Waals surface area contributed by atoms with Crippen molar-refractivity contribution in [3.63, 3.8) is 0 Å². The summed E-state index contributed by atoms with van der Waals surface area (Å²) >= 11 is 6.89. The number of fused-ring (bicyclic) bond motifs is 1. The molecule has 0 bridgehead atoms. The average Bonchev–Trinajstić information content (AvgIpc) is 3.28. The van der Waals surface area contributed by atoms with E-state index in [0.717, 1.165) is 11.5 Å². The molecule has 1 amide bonds. The first-order chi connectivity index (χ1) is 13.5. The maximum atomic E-state index is 12.7. The number of H-pyrrole nitrogens is 1. The topological polar surface area (TPSA) is 92.8 Å². The molecule has 142 valence electrons. The number of rotatable bonds is 5. The number of benzene rings is 1. The molecule has 4 aromatic rings. The molecule has 0 fully saturated rings. The fourth-order valence-electron chi connectivity index (χ4n) is 2.59. The molecule has 1 aromatic carbocycles. The predicted molar refractivity (Wildman–Crippen MR) is 101 cm³/mol. The standard InChI is InChI=1S/C17H10ClF2N5O2S/c18-8-3-4-9(12(6-8)27-17(19)20)13-11(7-22-24-13)23-16(26)15-14-10(25-28-15)2-1-5-21-14/h1-7,17H,(H,22,24)(H,23,26). The Morgan fingerprint density at radius 3 is 3.00 bits per heavy atom. The molecule has 0 unspecified atom stereocenters. The van der Waals surface area contributed by atoms with Gasteiger partial charge in [0.2, 0.25) is 0 Å². The van der Waals surface area contributed by atoms with Crippen LogP contribution in [-0.4, -0.2) is 32.1 Å². The van der Waals surface area contributed by atoms with Gasteiger partial charge in [0, 0.05) is 16.8 Å². The zero-order chi connectivity index (χ0) is 19.7. The number of carbonyl (C=O) groups is 1. The summed E-state index contributed by atoms with van der Waals surface area (Å²) in [6.45, 7) is -3.03. The summed E-state index contributed by atoms with van der Waals surface area (Å²) in [6, 6.07) is 7.74. The summed E-state index contributed by atoms with van der Waals surface area (Å²) in [4.78, 5) is 17.2. The first kappa shape index (κ1) is 18.3. The summed E-state index contributed by atoms with van der Waals surface area (Å²) in [7, 11) is 0. The quantitative estimate of drug-likeness (QED) is 0.491. The van der Waals surface area contributed by atoms with E-state index in [2.05, 4.69) is 29.6 Å². The van der Waals surface area contributed by atoms with Gasteiger partial charge in [0.05, 0.1) is 17.6 Å². The van der Waals surface area contributed by atoms with Crippen molar-refractivity contribution in [1.82, 2.24) is 19.6 Å². The number of ether oxygens (including phenoxy) is 1. The highest BCUT2D eigenvalue weighted by Gasteiger charge is 2.20. The summed E-state index contributed by atoms with van der Waals surface area (Å²) in [5, 5.41) is 9.51. The Morgan fingerprint density at radius 1 is 1.32 bits per heavy atom. The number of carbonyl (C=O) groups excluding carboxylic acids is 1. The molecule has 7 nitrogen and oxygen atoms in total. The highest BCUT2D eigenvalue weighted by molar-refractivity contribution is 7.09. The second-order valence-corrected chi connectivity index (χ2v) is 6.72. The van der Waals surface area contributed by atoms with E-state index in [-0.39, 0.29) is 22.0 Å². The molecule has 0 radical (unpaired) electrons. The number of nitrogens with zero attached hydrogens (tertiary/aromatic N) is 3. The minimum Gasteiger partial charge on any atom is -0.434 e. The fourth-order valence-corrected chi connectivity index (χ4v) is 3.47. The predicted octanol–water partition coefficient (Wildman–Crippen LogP) is 4.59. The normalized spacial score (nSPS) is 11.1. The molecule has 0 spiro atoms. The van der Waals surface area contributed by atoms with Crippen LogP contribution in [0.2, 0.25) is 5.02 Å². The molecule has 0 aliphatic rings. The highest BCUT2D eigenvalue weighted by Crippen LogP contribution is 2.36. The number of aromatic nitrogens is 4. The van der Waals surface area contributed by atoms with Gasteiger partial charge in [-0.05, 0) is 41.9 Å². The van der Waals surface area contributed by atoms with E-state index in [1.54, 1.807) is 18.3 Å². The summed E-state index contributed by atoms with van der Waals surface area (Å²) in [5.74, 6) is -0.591. The van der Waals surface area contributed by atoms with Crippen molar-refractivity contribution in [2.24, 2.45) is 0 Å². The van der Waals surface area contributed by atoms with Crippen molar-refractivity contribution in [3.8, 4) is 17.0 Å². The number of hydrogen-bond donors (Lipinski definition) is 2. The van der Waals surface area contributed by atoms with E-state index in [0.29, 0.717) is 21.6 Å². The zero-order valence-corrected chi connectivity index (χ0v) is 15.4. The van der Waals surface area contributed by atoms with Crippen LogP contribution in [0.4, 0.5) is 14.5 Å². The van der Waals surface area contributed by atoms with Crippen LogP contribution < -0.4 is 10.1 Å². The van der Waals surface area contributed by atoms with Crippen molar-refractivity contribution >= 4 is 45.8 Å². The molecule has 28 heavy (non-hydrogen) atoms. The molecule has 2 N–H and O–H groups in total. The van der Waals surface area contributed by atoms with Gasteiger partial charge in [-0.2, -0.15) is 18.3 Å². The lowest BCUT2D eigenvalue weighted by Crippen LogP contribution is -2.11. The number of halogens is 3. The van der Waals surface area contributed by atoms with E-state index < -0.39 is 12.5 Å². The van der Waals surface area contributed by atoms with E-state index >= 15 is 0 Å². The molecular weight excluding hydrogens is 412 g/mol. The third-order valence-corrected chi connectivity index (χ3v) is 4.84. The summed E-state index contributed by atoms with van der Waals surface area (Å²) in [5.41, 5.74) is 1.93. The van der Waals surface area contributed by atoms with Crippen LogP contribution in [0.1, 0.15) is 9.67 Å². The van der Waals surface area contributed by atoms with Crippen LogP contribution in [0, 0.1) is 0 Å². The molecule has 4 rings (SSSR count). The maximum Gasteiger partial charge on any atom is 0.387 e. The molecule has 0 aliphatic carbocycles. The average molecular weight is 422 g/mol. The summed E-state index contributed by atoms with van der Waals surface area (Å²) in [6.07, 6.45) is 2.93. The van der Waals surface area contributed by atoms with Gasteiger partial charge in [-0.1, -0.05) is 11.6 Å². The van der Waals surface area contributed by atoms with Crippen LogP contribution in [0.15, 0.2) is 42.7 Å². The number of anilines is 1. The second-order valence-electron chi connectivity index (χ2n) is 5.51. The molecular formula is C17H10ClF2N5O2S. The first-order valence-electron chi connectivity index (χ1n) is 7.83. The second kappa shape index (κ2) is 7.49. The number of amides is 1. The van der Waals surface area contributed by atoms with Gasteiger partial charge in [0.15, 0.2) is 0 Å². The molecule has 0 saturated carbocycles. The Morgan fingerprint density at radius 2 is 2.18 bits per heavy atom. The van der Waals surface area contributed by atoms with Crippen molar-refractivity contribution in [1.29, 1.82) is 0 Å². The van der Waals surface area contributed by atoms with Crippen molar-refractivity contribution < 1.29 is 18.3 Å². The van der Waals surface area contributed by atoms with Gasteiger partial charge in [0.25, 0.3) is 5.91 Å². The minimum absolute atomic E-state index is 0.146. The molecule has 0 atom stereocenters.